The van der Waals surface area contributed by atoms with Crippen LogP contribution in [0.1, 0.15) is 49.0 Å². The first-order valence-electron chi connectivity index (χ1n) is 9.78. The number of aromatic nitrogens is 1. The van der Waals surface area contributed by atoms with Crippen LogP contribution in [0.5, 0.6) is 5.75 Å². The van der Waals surface area contributed by atoms with Gasteiger partial charge >= 0.3 is 0 Å². The molecular weight excluding hydrogens is 368 g/mol. The maximum Gasteiger partial charge on any atom is 0.257 e. The molecule has 0 saturated carbocycles. The molecule has 5 heteroatoms. The van der Waals surface area contributed by atoms with Crippen LogP contribution in [-0.4, -0.2) is 17.5 Å². The molecule has 4 nitrogen and oxygen atoms in total. The first kappa shape index (κ1) is 20.1. The molecule has 0 aliphatic carbocycles. The van der Waals surface area contributed by atoms with E-state index in [0.29, 0.717) is 17.3 Å². The van der Waals surface area contributed by atoms with Gasteiger partial charge in [0.1, 0.15) is 5.75 Å². The van der Waals surface area contributed by atoms with Crippen molar-refractivity contribution in [2.45, 2.75) is 39.5 Å². The summed E-state index contributed by atoms with van der Waals surface area (Å²) in [6, 6.07) is 15.6. The lowest BCUT2D eigenvalue weighted by Gasteiger charge is -2.07. The van der Waals surface area contributed by atoms with E-state index in [9.17, 15) is 4.79 Å². The quantitative estimate of drug-likeness (QED) is 0.440. The number of anilines is 1. The van der Waals surface area contributed by atoms with Gasteiger partial charge in [0.25, 0.3) is 5.91 Å². The predicted molar refractivity (Wildman–Crippen MR) is 116 cm³/mol. The smallest absolute Gasteiger partial charge is 0.257 e. The van der Waals surface area contributed by atoms with Crippen molar-refractivity contribution < 1.29 is 9.53 Å². The standard InChI is InChI=1S/C23H26N2O2S/c1-3-5-6-14-27-20-9-7-8-19(15-20)22(26)25-23-24-21(16-28-23)18-12-10-17(4-2)11-13-18/h7-13,15-16H,3-6,14H2,1-2H3,(H,24,25,26). The summed E-state index contributed by atoms with van der Waals surface area (Å²) in [5, 5.41) is 5.44. The van der Waals surface area contributed by atoms with Crippen molar-refractivity contribution in [1.29, 1.82) is 0 Å². The van der Waals surface area contributed by atoms with Gasteiger partial charge in [0.05, 0.1) is 12.3 Å². The molecule has 3 aromatic rings. The van der Waals surface area contributed by atoms with E-state index in [1.165, 1.54) is 16.9 Å². The first-order valence-corrected chi connectivity index (χ1v) is 10.7. The summed E-state index contributed by atoms with van der Waals surface area (Å²) < 4.78 is 5.74. The second-order valence-corrected chi connectivity index (χ2v) is 7.48. The summed E-state index contributed by atoms with van der Waals surface area (Å²) in [5.41, 5.74) is 3.79. The van der Waals surface area contributed by atoms with Crippen LogP contribution >= 0.6 is 11.3 Å². The highest BCUT2D eigenvalue weighted by molar-refractivity contribution is 7.14. The number of benzene rings is 2. The van der Waals surface area contributed by atoms with Gasteiger partial charge < -0.3 is 4.74 Å². The van der Waals surface area contributed by atoms with Crippen LogP contribution in [0.25, 0.3) is 11.3 Å². The summed E-state index contributed by atoms with van der Waals surface area (Å²) in [7, 11) is 0. The molecule has 1 heterocycles. The summed E-state index contributed by atoms with van der Waals surface area (Å²) in [4.78, 5) is 17.1. The van der Waals surface area contributed by atoms with Crippen molar-refractivity contribution in [3.8, 4) is 17.0 Å². The first-order chi connectivity index (χ1) is 13.7. The zero-order valence-corrected chi connectivity index (χ0v) is 17.2. The zero-order valence-electron chi connectivity index (χ0n) is 16.4. The molecule has 3 rings (SSSR count). The van der Waals surface area contributed by atoms with Crippen LogP contribution in [0.4, 0.5) is 5.13 Å². The number of carbonyl (C=O) groups excluding carboxylic acids is 1. The maximum absolute atomic E-state index is 12.6. The Morgan fingerprint density at radius 2 is 1.93 bits per heavy atom. The van der Waals surface area contributed by atoms with Crippen LogP contribution in [-0.2, 0) is 6.42 Å². The lowest BCUT2D eigenvalue weighted by atomic mass is 10.1. The normalized spacial score (nSPS) is 10.6. The third-order valence-corrected chi connectivity index (χ3v) is 5.25. The zero-order chi connectivity index (χ0) is 19.8. The Labute approximate surface area is 170 Å². The van der Waals surface area contributed by atoms with Gasteiger partial charge in [-0.05, 0) is 36.6 Å². The van der Waals surface area contributed by atoms with Crippen molar-refractivity contribution in [3.63, 3.8) is 0 Å². The van der Waals surface area contributed by atoms with E-state index in [1.807, 2.05) is 17.5 Å². The fourth-order valence-corrected chi connectivity index (χ4v) is 3.53. The minimum absolute atomic E-state index is 0.179. The topological polar surface area (TPSA) is 51.2 Å². The molecule has 2 aromatic carbocycles. The van der Waals surface area contributed by atoms with Crippen LogP contribution in [0.15, 0.2) is 53.9 Å². The van der Waals surface area contributed by atoms with Gasteiger partial charge in [-0.2, -0.15) is 0 Å². The lowest BCUT2D eigenvalue weighted by molar-refractivity contribution is 0.102. The number of carbonyl (C=O) groups is 1. The highest BCUT2D eigenvalue weighted by Gasteiger charge is 2.11. The minimum atomic E-state index is -0.179. The average molecular weight is 395 g/mol. The van der Waals surface area contributed by atoms with E-state index in [4.69, 9.17) is 4.74 Å². The molecule has 1 N–H and O–H groups in total. The summed E-state index contributed by atoms with van der Waals surface area (Å²) >= 11 is 1.43. The van der Waals surface area contributed by atoms with Crippen LogP contribution in [0, 0.1) is 0 Å². The summed E-state index contributed by atoms with van der Waals surface area (Å²) in [6.45, 7) is 4.97. The Hall–Kier alpha value is -2.66. The minimum Gasteiger partial charge on any atom is -0.494 e. The largest absolute Gasteiger partial charge is 0.494 e. The van der Waals surface area contributed by atoms with Gasteiger partial charge in [-0.25, -0.2) is 4.98 Å². The van der Waals surface area contributed by atoms with E-state index in [1.54, 1.807) is 12.1 Å². The van der Waals surface area contributed by atoms with Gasteiger partial charge in [-0.15, -0.1) is 11.3 Å². The van der Waals surface area contributed by atoms with Crippen molar-refractivity contribution in [2.24, 2.45) is 0 Å². The summed E-state index contributed by atoms with van der Waals surface area (Å²) in [6.07, 6.45) is 4.34. The predicted octanol–water partition coefficient (Wildman–Crippen LogP) is 6.19. The highest BCUT2D eigenvalue weighted by atomic mass is 32.1. The molecule has 0 aliphatic rings. The number of unbranched alkanes of at least 4 members (excludes halogenated alkanes) is 2. The molecule has 28 heavy (non-hydrogen) atoms. The molecule has 0 aliphatic heterocycles. The lowest BCUT2D eigenvalue weighted by Crippen LogP contribution is -2.11. The fourth-order valence-electron chi connectivity index (χ4n) is 2.81. The average Bonchev–Trinajstić information content (AvgIpc) is 3.20. The van der Waals surface area contributed by atoms with Crippen molar-refractivity contribution in [1.82, 2.24) is 4.98 Å². The van der Waals surface area contributed by atoms with E-state index in [2.05, 4.69) is 48.4 Å². The molecule has 0 spiro atoms. The van der Waals surface area contributed by atoms with E-state index in [0.717, 1.165) is 42.7 Å². The van der Waals surface area contributed by atoms with Gasteiger partial charge in [0, 0.05) is 16.5 Å². The number of hydrogen-bond acceptors (Lipinski definition) is 4. The van der Waals surface area contributed by atoms with Gasteiger partial charge in [0.15, 0.2) is 5.13 Å². The van der Waals surface area contributed by atoms with Crippen LogP contribution in [0.2, 0.25) is 0 Å². The monoisotopic (exact) mass is 394 g/mol. The summed E-state index contributed by atoms with van der Waals surface area (Å²) in [5.74, 6) is 0.542. The molecule has 0 atom stereocenters. The molecule has 1 aromatic heterocycles. The third kappa shape index (κ3) is 5.42. The van der Waals surface area contributed by atoms with Crippen LogP contribution in [0.3, 0.4) is 0 Å². The van der Waals surface area contributed by atoms with Gasteiger partial charge in [-0.1, -0.05) is 57.0 Å². The van der Waals surface area contributed by atoms with Crippen LogP contribution < -0.4 is 10.1 Å². The van der Waals surface area contributed by atoms with E-state index < -0.39 is 0 Å². The molecule has 0 radical (unpaired) electrons. The molecule has 146 valence electrons. The fraction of sp³-hybridized carbons (Fsp3) is 0.304. The number of rotatable bonds is 9. The van der Waals surface area contributed by atoms with Crippen molar-refractivity contribution in [2.75, 3.05) is 11.9 Å². The van der Waals surface area contributed by atoms with E-state index in [-0.39, 0.29) is 5.91 Å². The Bertz CT molecular complexity index is 903. The third-order valence-electron chi connectivity index (χ3n) is 4.50. The number of ether oxygens (including phenoxy) is 1. The molecule has 0 bridgehead atoms. The Morgan fingerprint density at radius 3 is 2.68 bits per heavy atom. The van der Waals surface area contributed by atoms with Crippen molar-refractivity contribution in [3.05, 3.63) is 65.0 Å². The number of nitrogens with one attached hydrogen (secondary N) is 1. The second kappa shape index (κ2) is 10.0. The van der Waals surface area contributed by atoms with E-state index >= 15 is 0 Å². The molecule has 1 amide bonds. The highest BCUT2D eigenvalue weighted by Crippen LogP contribution is 2.26. The SMILES string of the molecule is CCCCCOc1cccc(C(=O)Nc2nc(-c3ccc(CC)cc3)cs2)c1. The molecule has 0 fully saturated rings. The Balaban J connectivity index is 1.62. The maximum atomic E-state index is 12.6. The number of aryl methyl sites for hydroxylation is 1. The number of hydrogen-bond donors (Lipinski definition) is 1. The molecular formula is C23H26N2O2S. The molecule has 0 unspecified atom stereocenters. The van der Waals surface area contributed by atoms with Crippen molar-refractivity contribution >= 4 is 22.4 Å². The van der Waals surface area contributed by atoms with Gasteiger partial charge in [-0.3, -0.25) is 10.1 Å². The number of nitrogens with zero attached hydrogens (tertiary/aromatic N) is 1. The number of thiazole rings is 1. The molecule has 0 saturated heterocycles. The van der Waals surface area contributed by atoms with Gasteiger partial charge in [0.2, 0.25) is 0 Å². The number of amides is 1. The Kier molecular flexibility index (Phi) is 7.20. The second-order valence-electron chi connectivity index (χ2n) is 6.63. The Morgan fingerprint density at radius 1 is 1.11 bits per heavy atom.